The molecule has 0 heterocycles. The summed E-state index contributed by atoms with van der Waals surface area (Å²) >= 11 is 0. The molecule has 0 spiro atoms. The number of carbonyl (C=O) groups is 1. The Labute approximate surface area is 153 Å². The van der Waals surface area contributed by atoms with Gasteiger partial charge >= 0.3 is 5.97 Å². The predicted molar refractivity (Wildman–Crippen MR) is 101 cm³/mol. The molecule has 146 valence electrons. The molecule has 1 rings (SSSR count). The normalized spacial score (nSPS) is 26.2. The molecule has 1 aliphatic carbocycles. The van der Waals surface area contributed by atoms with Crippen molar-refractivity contribution in [1.29, 1.82) is 0 Å². The number of carboxylic acid groups (broad SMARTS) is 1. The highest BCUT2D eigenvalue weighted by Gasteiger charge is 2.33. The Bertz CT molecular complexity index is 403. The molecule has 0 bridgehead atoms. The van der Waals surface area contributed by atoms with E-state index in [1.54, 1.807) is 0 Å². The third-order valence-corrected chi connectivity index (χ3v) is 5.51. The average Bonchev–Trinajstić information content (AvgIpc) is 2.89. The second-order valence-electron chi connectivity index (χ2n) is 7.99. The molecule has 0 radical (unpaired) electrons. The lowest BCUT2D eigenvalue weighted by molar-refractivity contribution is -0.137. The molecule has 0 aliphatic heterocycles. The molecule has 4 heteroatoms. The second kappa shape index (κ2) is 11.7. The fraction of sp³-hybridized carbons (Fsp3) is 0.857. The first-order valence-electron chi connectivity index (χ1n) is 10.2. The first kappa shape index (κ1) is 22.2. The van der Waals surface area contributed by atoms with E-state index in [9.17, 15) is 15.0 Å². The highest BCUT2D eigenvalue weighted by molar-refractivity contribution is 5.66. The van der Waals surface area contributed by atoms with Gasteiger partial charge in [0.1, 0.15) is 0 Å². The van der Waals surface area contributed by atoms with Gasteiger partial charge in [-0.25, -0.2) is 0 Å². The van der Waals surface area contributed by atoms with Crippen molar-refractivity contribution >= 4 is 5.97 Å². The zero-order valence-corrected chi connectivity index (χ0v) is 16.1. The predicted octanol–water partition coefficient (Wildman–Crippen LogP) is 4.69. The van der Waals surface area contributed by atoms with Crippen LogP contribution in [0.5, 0.6) is 0 Å². The third kappa shape index (κ3) is 9.41. The number of carboxylic acids is 1. The summed E-state index contributed by atoms with van der Waals surface area (Å²) in [5.74, 6) is -0.0868. The molecule has 0 aromatic rings. The van der Waals surface area contributed by atoms with Crippen molar-refractivity contribution in [3.63, 3.8) is 0 Å². The van der Waals surface area contributed by atoms with E-state index >= 15 is 0 Å². The SMILES string of the molecule is CCCCCC(C)(O)C=CC1CC[C@@H](O)[C@@H]1CCCCCCC(=O)O. The largest absolute Gasteiger partial charge is 0.481 e. The Balaban J connectivity index is 2.37. The monoisotopic (exact) mass is 354 g/mol. The smallest absolute Gasteiger partial charge is 0.303 e. The first-order chi connectivity index (χ1) is 11.9. The summed E-state index contributed by atoms with van der Waals surface area (Å²) in [4.78, 5) is 10.5. The van der Waals surface area contributed by atoms with Crippen LogP contribution in [0.15, 0.2) is 12.2 Å². The van der Waals surface area contributed by atoms with E-state index in [0.29, 0.717) is 5.92 Å². The molecule has 0 aromatic carbocycles. The Hall–Kier alpha value is -0.870. The van der Waals surface area contributed by atoms with Crippen LogP contribution in [-0.2, 0) is 4.79 Å². The summed E-state index contributed by atoms with van der Waals surface area (Å²) < 4.78 is 0. The zero-order valence-electron chi connectivity index (χ0n) is 16.1. The first-order valence-corrected chi connectivity index (χ1v) is 10.2. The minimum Gasteiger partial charge on any atom is -0.481 e. The fourth-order valence-electron chi connectivity index (χ4n) is 3.88. The Kier molecular flexibility index (Phi) is 10.4. The Morgan fingerprint density at radius 1 is 1.12 bits per heavy atom. The molecule has 4 atom stereocenters. The fourth-order valence-corrected chi connectivity index (χ4v) is 3.88. The van der Waals surface area contributed by atoms with Crippen LogP contribution < -0.4 is 0 Å². The van der Waals surface area contributed by atoms with E-state index in [0.717, 1.165) is 70.6 Å². The highest BCUT2D eigenvalue weighted by atomic mass is 16.4. The summed E-state index contributed by atoms with van der Waals surface area (Å²) in [5.41, 5.74) is -0.746. The molecule has 25 heavy (non-hydrogen) atoms. The number of allylic oxidation sites excluding steroid dienone is 1. The van der Waals surface area contributed by atoms with Gasteiger partial charge in [-0.15, -0.1) is 0 Å². The van der Waals surface area contributed by atoms with Gasteiger partial charge in [-0.2, -0.15) is 0 Å². The van der Waals surface area contributed by atoms with E-state index in [4.69, 9.17) is 5.11 Å². The minimum atomic E-state index is -0.746. The molecular formula is C21H38O4. The molecule has 4 nitrogen and oxygen atoms in total. The third-order valence-electron chi connectivity index (χ3n) is 5.51. The molecule has 0 amide bonds. The Morgan fingerprint density at radius 3 is 2.52 bits per heavy atom. The van der Waals surface area contributed by atoms with Gasteiger partial charge in [-0.3, -0.25) is 4.79 Å². The molecule has 0 saturated heterocycles. The van der Waals surface area contributed by atoms with E-state index in [1.165, 1.54) is 0 Å². The van der Waals surface area contributed by atoms with Gasteiger partial charge in [0.05, 0.1) is 11.7 Å². The van der Waals surface area contributed by atoms with Crippen LogP contribution in [0.25, 0.3) is 0 Å². The van der Waals surface area contributed by atoms with Crippen molar-refractivity contribution in [2.24, 2.45) is 11.8 Å². The lowest BCUT2D eigenvalue weighted by atomic mass is 9.87. The van der Waals surface area contributed by atoms with Crippen molar-refractivity contribution in [3.8, 4) is 0 Å². The van der Waals surface area contributed by atoms with Crippen LogP contribution in [0.1, 0.15) is 90.9 Å². The van der Waals surface area contributed by atoms with Gasteiger partial charge in [0, 0.05) is 6.42 Å². The maximum Gasteiger partial charge on any atom is 0.303 e. The van der Waals surface area contributed by atoms with Crippen LogP contribution in [0.2, 0.25) is 0 Å². The van der Waals surface area contributed by atoms with Crippen molar-refractivity contribution in [2.75, 3.05) is 0 Å². The number of aliphatic hydroxyl groups is 2. The molecule has 1 aliphatic rings. The van der Waals surface area contributed by atoms with E-state index < -0.39 is 11.6 Å². The van der Waals surface area contributed by atoms with Crippen LogP contribution in [-0.4, -0.2) is 33.0 Å². The van der Waals surface area contributed by atoms with Gasteiger partial charge in [0.25, 0.3) is 0 Å². The second-order valence-corrected chi connectivity index (χ2v) is 7.99. The van der Waals surface area contributed by atoms with Crippen LogP contribution in [0.3, 0.4) is 0 Å². The molecule has 0 aromatic heterocycles. The van der Waals surface area contributed by atoms with Gasteiger partial charge in [0.2, 0.25) is 0 Å². The van der Waals surface area contributed by atoms with Crippen molar-refractivity contribution in [2.45, 2.75) is 103 Å². The van der Waals surface area contributed by atoms with E-state index in [2.05, 4.69) is 13.0 Å². The molecular weight excluding hydrogens is 316 g/mol. The minimum absolute atomic E-state index is 0.237. The Morgan fingerprint density at radius 2 is 1.84 bits per heavy atom. The van der Waals surface area contributed by atoms with E-state index in [1.807, 2.05) is 13.0 Å². The quantitative estimate of drug-likeness (QED) is 0.331. The number of aliphatic carboxylic acids is 1. The summed E-state index contributed by atoms with van der Waals surface area (Å²) in [6, 6.07) is 0. The van der Waals surface area contributed by atoms with E-state index in [-0.39, 0.29) is 18.4 Å². The topological polar surface area (TPSA) is 77.8 Å². The summed E-state index contributed by atoms with van der Waals surface area (Å²) in [5, 5.41) is 29.4. The lowest BCUT2D eigenvalue weighted by Gasteiger charge is -2.23. The number of unbranched alkanes of at least 4 members (excludes halogenated alkanes) is 5. The van der Waals surface area contributed by atoms with Crippen LogP contribution in [0.4, 0.5) is 0 Å². The standard InChI is InChI=1S/C21H38O4/c1-3-4-9-15-21(2,25)16-14-17-12-13-19(22)18(17)10-7-5-6-8-11-20(23)24/h14,16-19,22,25H,3-13,15H2,1-2H3,(H,23,24)/t17?,18-,19-,21?/m1/s1. The highest BCUT2D eigenvalue weighted by Crippen LogP contribution is 2.37. The van der Waals surface area contributed by atoms with Crippen molar-refractivity contribution < 1.29 is 20.1 Å². The molecule has 1 saturated carbocycles. The average molecular weight is 355 g/mol. The molecule has 2 unspecified atom stereocenters. The van der Waals surface area contributed by atoms with Gasteiger partial charge in [-0.05, 0) is 50.9 Å². The maximum absolute atomic E-state index is 10.5. The summed E-state index contributed by atoms with van der Waals surface area (Å²) in [6.45, 7) is 4.04. The van der Waals surface area contributed by atoms with Crippen molar-refractivity contribution in [3.05, 3.63) is 12.2 Å². The van der Waals surface area contributed by atoms with Gasteiger partial charge in [0.15, 0.2) is 0 Å². The maximum atomic E-state index is 10.5. The lowest BCUT2D eigenvalue weighted by Crippen LogP contribution is -2.22. The van der Waals surface area contributed by atoms with Gasteiger partial charge < -0.3 is 15.3 Å². The zero-order chi connectivity index (χ0) is 18.7. The molecule has 3 N–H and O–H groups in total. The van der Waals surface area contributed by atoms with Crippen molar-refractivity contribution in [1.82, 2.24) is 0 Å². The van der Waals surface area contributed by atoms with Crippen LogP contribution in [0, 0.1) is 11.8 Å². The number of rotatable bonds is 13. The summed E-state index contributed by atoms with van der Waals surface area (Å²) in [6.07, 6.45) is 14.8. The summed E-state index contributed by atoms with van der Waals surface area (Å²) in [7, 11) is 0. The van der Waals surface area contributed by atoms with Crippen LogP contribution >= 0.6 is 0 Å². The number of aliphatic hydroxyl groups excluding tert-OH is 1. The van der Waals surface area contributed by atoms with Gasteiger partial charge in [-0.1, -0.05) is 57.6 Å². The number of hydrogen-bond acceptors (Lipinski definition) is 3. The molecule has 1 fully saturated rings. The number of hydrogen-bond donors (Lipinski definition) is 3.